The smallest absolute Gasteiger partial charge is 0.375 e. The zero-order valence-electron chi connectivity index (χ0n) is 14.5. The number of aromatic nitrogens is 2. The molecule has 7 nitrogen and oxygen atoms in total. The van der Waals surface area contributed by atoms with E-state index in [9.17, 15) is 9.59 Å². The van der Waals surface area contributed by atoms with Crippen LogP contribution in [0.3, 0.4) is 0 Å². The number of rotatable bonds is 4. The molecule has 0 aliphatic heterocycles. The highest BCUT2D eigenvalue weighted by Gasteiger charge is 2.23. The van der Waals surface area contributed by atoms with Gasteiger partial charge in [-0.3, -0.25) is 9.48 Å². The van der Waals surface area contributed by atoms with Crippen LogP contribution >= 0.6 is 0 Å². The van der Waals surface area contributed by atoms with Crippen molar-refractivity contribution >= 4 is 28.5 Å². The molecule has 0 saturated carbocycles. The van der Waals surface area contributed by atoms with Crippen molar-refractivity contribution in [2.24, 2.45) is 7.05 Å². The summed E-state index contributed by atoms with van der Waals surface area (Å²) in [6, 6.07) is 8.85. The number of esters is 1. The van der Waals surface area contributed by atoms with Crippen LogP contribution in [0.1, 0.15) is 28.9 Å². The van der Waals surface area contributed by atoms with E-state index < -0.39 is 18.0 Å². The van der Waals surface area contributed by atoms with Crippen LogP contribution in [0.15, 0.2) is 34.7 Å². The van der Waals surface area contributed by atoms with E-state index >= 15 is 0 Å². The molecule has 3 aromatic rings. The van der Waals surface area contributed by atoms with Gasteiger partial charge in [-0.25, -0.2) is 4.79 Å². The number of benzene rings is 1. The number of ether oxygens (including phenoxy) is 1. The topological polar surface area (TPSA) is 86.4 Å². The number of carbonyl (C=O) groups is 2. The molecule has 7 heteroatoms. The predicted molar refractivity (Wildman–Crippen MR) is 92.4 cm³/mol. The lowest BCUT2D eigenvalue weighted by atomic mass is 10.2. The Morgan fingerprint density at radius 1 is 1.28 bits per heavy atom. The SMILES string of the molecule is Cc1nn(C)c(C)c1NC(=O)[C@@H](C)OC(=O)c1cc2ccccc2o1. The van der Waals surface area contributed by atoms with Gasteiger partial charge in [-0.2, -0.15) is 5.10 Å². The van der Waals surface area contributed by atoms with Gasteiger partial charge < -0.3 is 14.5 Å². The molecule has 3 rings (SSSR count). The third-order valence-corrected chi connectivity index (χ3v) is 4.04. The second kappa shape index (κ2) is 6.43. The van der Waals surface area contributed by atoms with Crippen molar-refractivity contribution in [3.8, 4) is 0 Å². The van der Waals surface area contributed by atoms with Crippen LogP contribution in [-0.4, -0.2) is 27.8 Å². The fraction of sp³-hybridized carbons (Fsp3) is 0.278. The molecule has 0 unspecified atom stereocenters. The van der Waals surface area contributed by atoms with E-state index in [1.807, 2.05) is 25.1 Å². The van der Waals surface area contributed by atoms with Crippen LogP contribution in [0.2, 0.25) is 0 Å². The quantitative estimate of drug-likeness (QED) is 0.737. The van der Waals surface area contributed by atoms with Crippen molar-refractivity contribution in [2.45, 2.75) is 26.9 Å². The first kappa shape index (κ1) is 16.8. The molecule has 25 heavy (non-hydrogen) atoms. The average molecular weight is 341 g/mol. The zero-order chi connectivity index (χ0) is 18.1. The van der Waals surface area contributed by atoms with E-state index in [2.05, 4.69) is 10.4 Å². The van der Waals surface area contributed by atoms with Gasteiger partial charge in [0.25, 0.3) is 5.91 Å². The summed E-state index contributed by atoms with van der Waals surface area (Å²) in [6.07, 6.45) is -0.972. The maximum absolute atomic E-state index is 12.3. The van der Waals surface area contributed by atoms with E-state index in [1.54, 1.807) is 30.8 Å². The van der Waals surface area contributed by atoms with Crippen molar-refractivity contribution in [3.63, 3.8) is 0 Å². The highest BCUT2D eigenvalue weighted by molar-refractivity contribution is 5.98. The normalized spacial score (nSPS) is 12.2. The number of hydrogen-bond acceptors (Lipinski definition) is 5. The molecular formula is C18H19N3O4. The molecule has 1 N–H and O–H groups in total. The van der Waals surface area contributed by atoms with Crippen LogP contribution in [0.5, 0.6) is 0 Å². The lowest BCUT2D eigenvalue weighted by Crippen LogP contribution is -2.30. The molecule has 1 amide bonds. The average Bonchev–Trinajstić information content (AvgIpc) is 3.11. The number of amides is 1. The largest absolute Gasteiger partial charge is 0.449 e. The van der Waals surface area contributed by atoms with Gasteiger partial charge in [0.15, 0.2) is 6.10 Å². The Kier molecular flexibility index (Phi) is 4.31. The maximum Gasteiger partial charge on any atom is 0.375 e. The lowest BCUT2D eigenvalue weighted by molar-refractivity contribution is -0.123. The Balaban J connectivity index is 1.69. The number of anilines is 1. The van der Waals surface area contributed by atoms with Crippen molar-refractivity contribution < 1.29 is 18.7 Å². The minimum Gasteiger partial charge on any atom is -0.449 e. The third kappa shape index (κ3) is 3.26. The summed E-state index contributed by atoms with van der Waals surface area (Å²) in [4.78, 5) is 24.5. The second-order valence-corrected chi connectivity index (χ2v) is 5.85. The molecule has 0 aliphatic rings. The monoisotopic (exact) mass is 341 g/mol. The van der Waals surface area contributed by atoms with Crippen molar-refractivity contribution in [2.75, 3.05) is 5.32 Å². The molecule has 0 spiro atoms. The van der Waals surface area contributed by atoms with Crippen molar-refractivity contribution in [1.29, 1.82) is 0 Å². The number of aryl methyl sites for hydroxylation is 2. The molecule has 130 valence electrons. The van der Waals surface area contributed by atoms with Gasteiger partial charge in [0, 0.05) is 12.4 Å². The van der Waals surface area contributed by atoms with E-state index in [1.165, 1.54) is 6.92 Å². The van der Waals surface area contributed by atoms with Gasteiger partial charge >= 0.3 is 5.97 Å². The third-order valence-electron chi connectivity index (χ3n) is 4.04. The molecule has 0 bridgehead atoms. The van der Waals surface area contributed by atoms with Gasteiger partial charge in [-0.1, -0.05) is 18.2 Å². The highest BCUT2D eigenvalue weighted by atomic mass is 16.6. The Hall–Kier alpha value is -3.09. The minimum atomic E-state index is -0.972. The number of fused-ring (bicyclic) bond motifs is 1. The molecule has 0 radical (unpaired) electrons. The van der Waals surface area contributed by atoms with E-state index in [4.69, 9.17) is 9.15 Å². The van der Waals surface area contributed by atoms with Crippen molar-refractivity contribution in [3.05, 3.63) is 47.5 Å². The summed E-state index contributed by atoms with van der Waals surface area (Å²) >= 11 is 0. The van der Waals surface area contributed by atoms with Crippen LogP contribution in [0, 0.1) is 13.8 Å². The van der Waals surface area contributed by atoms with Gasteiger partial charge in [0.1, 0.15) is 5.58 Å². The standard InChI is InChI=1S/C18H19N3O4/c1-10-16(11(2)21(4)20-10)19-17(22)12(3)24-18(23)15-9-13-7-5-6-8-14(13)25-15/h5-9,12H,1-4H3,(H,19,22)/t12-/m1/s1. The van der Waals surface area contributed by atoms with Crippen LogP contribution < -0.4 is 5.32 Å². The maximum atomic E-state index is 12.3. The molecule has 0 saturated heterocycles. The van der Waals surface area contributed by atoms with E-state index in [-0.39, 0.29) is 5.76 Å². The van der Waals surface area contributed by atoms with Crippen LogP contribution in [0.4, 0.5) is 5.69 Å². The number of nitrogens with zero attached hydrogens (tertiary/aromatic N) is 2. The Morgan fingerprint density at radius 2 is 2.00 bits per heavy atom. The fourth-order valence-corrected chi connectivity index (χ4v) is 2.53. The summed E-state index contributed by atoms with van der Waals surface area (Å²) < 4.78 is 12.3. The van der Waals surface area contributed by atoms with Gasteiger partial charge in [-0.05, 0) is 32.9 Å². The highest BCUT2D eigenvalue weighted by Crippen LogP contribution is 2.21. The van der Waals surface area contributed by atoms with E-state index in [0.29, 0.717) is 17.0 Å². The summed E-state index contributed by atoms with van der Waals surface area (Å²) in [6.45, 7) is 5.16. The summed E-state index contributed by atoms with van der Waals surface area (Å²) in [5.41, 5.74) is 2.73. The van der Waals surface area contributed by atoms with Crippen molar-refractivity contribution in [1.82, 2.24) is 9.78 Å². The van der Waals surface area contributed by atoms with Crippen LogP contribution in [-0.2, 0) is 16.6 Å². The number of furan rings is 1. The first-order chi connectivity index (χ1) is 11.9. The molecular weight excluding hydrogens is 322 g/mol. The lowest BCUT2D eigenvalue weighted by Gasteiger charge is -2.12. The van der Waals surface area contributed by atoms with Gasteiger partial charge in [-0.15, -0.1) is 0 Å². The first-order valence-corrected chi connectivity index (χ1v) is 7.87. The molecule has 0 fully saturated rings. The summed E-state index contributed by atoms with van der Waals surface area (Å²) in [7, 11) is 1.79. The molecule has 0 aliphatic carbocycles. The number of carbonyl (C=O) groups excluding carboxylic acids is 2. The molecule has 2 heterocycles. The summed E-state index contributed by atoms with van der Waals surface area (Å²) in [5.74, 6) is -1.04. The van der Waals surface area contributed by atoms with Gasteiger partial charge in [0.2, 0.25) is 5.76 Å². The fourth-order valence-electron chi connectivity index (χ4n) is 2.53. The Bertz CT molecular complexity index is 922. The summed E-state index contributed by atoms with van der Waals surface area (Å²) in [5, 5.41) is 7.79. The Morgan fingerprint density at radius 3 is 2.64 bits per heavy atom. The Labute approximate surface area is 144 Å². The van der Waals surface area contributed by atoms with E-state index in [0.717, 1.165) is 11.1 Å². The zero-order valence-corrected chi connectivity index (χ0v) is 14.5. The molecule has 2 aromatic heterocycles. The number of para-hydroxylation sites is 1. The molecule has 1 atom stereocenters. The number of hydrogen-bond donors (Lipinski definition) is 1. The predicted octanol–water partition coefficient (Wildman–Crippen LogP) is 2.97. The molecule has 1 aromatic carbocycles. The number of nitrogens with one attached hydrogen (secondary N) is 1. The van der Waals surface area contributed by atoms with Gasteiger partial charge in [0.05, 0.1) is 17.1 Å². The van der Waals surface area contributed by atoms with Crippen LogP contribution in [0.25, 0.3) is 11.0 Å². The second-order valence-electron chi connectivity index (χ2n) is 5.85. The first-order valence-electron chi connectivity index (χ1n) is 7.87. The minimum absolute atomic E-state index is 0.0644.